The van der Waals surface area contributed by atoms with Crippen molar-refractivity contribution in [2.24, 2.45) is 0 Å². The molecule has 1 aliphatic heterocycles. The minimum absolute atomic E-state index is 0.0347. The van der Waals surface area contributed by atoms with Gasteiger partial charge in [0.2, 0.25) is 0 Å². The predicted octanol–water partition coefficient (Wildman–Crippen LogP) is 3.57. The molecule has 5 rings (SSSR count). The first kappa shape index (κ1) is 20.8. The number of carbonyl (C=O) groups is 2. The molecule has 0 saturated heterocycles. The smallest absolute Gasteiger partial charge is 0.320 e. The topological polar surface area (TPSA) is 63.6 Å². The van der Waals surface area contributed by atoms with Gasteiger partial charge in [0.15, 0.2) is 0 Å². The molecule has 0 saturated carbocycles. The molecule has 2 aromatic carbocycles. The van der Waals surface area contributed by atoms with Crippen LogP contribution in [-0.4, -0.2) is 48.6 Å². The predicted molar refractivity (Wildman–Crippen MR) is 125 cm³/mol. The van der Waals surface area contributed by atoms with E-state index in [9.17, 15) is 9.59 Å². The fourth-order valence-electron chi connectivity index (χ4n) is 5.35. The SMILES string of the molecule is Cc1c(C)n(CCCOC(=O)CN(C)C)c2c3c(c4c(c12)CNC4=O)-c1ccccc1C3. The lowest BCUT2D eigenvalue weighted by Crippen LogP contribution is -2.24. The second kappa shape index (κ2) is 7.78. The van der Waals surface area contributed by atoms with Crippen molar-refractivity contribution in [3.63, 3.8) is 0 Å². The number of nitrogens with one attached hydrogen (secondary N) is 1. The second-order valence-electron chi connectivity index (χ2n) is 9.12. The van der Waals surface area contributed by atoms with Crippen LogP contribution < -0.4 is 5.32 Å². The standard InChI is InChI=1S/C26H29N3O3/c1-15-16(2)29(10-7-11-32-21(30)14-28(3)4)25-19-12-17-8-5-6-9-18(17)23(19)24-20(22(15)25)13-27-26(24)31/h5-6,8-9H,7,10-14H2,1-4H3,(H,27,31). The van der Waals surface area contributed by atoms with E-state index in [0.717, 1.165) is 36.1 Å². The summed E-state index contributed by atoms with van der Waals surface area (Å²) in [6.07, 6.45) is 1.59. The number of fused-ring (bicyclic) bond motifs is 8. The molecule has 1 N–H and O–H groups in total. The van der Waals surface area contributed by atoms with Crippen molar-refractivity contribution in [2.75, 3.05) is 27.2 Å². The maximum Gasteiger partial charge on any atom is 0.320 e. The quantitative estimate of drug-likeness (QED) is 0.375. The average Bonchev–Trinajstić information content (AvgIpc) is 3.38. The molecule has 0 unspecified atom stereocenters. The third-order valence-electron chi connectivity index (χ3n) is 6.81. The Balaban J connectivity index is 1.57. The highest BCUT2D eigenvalue weighted by Gasteiger charge is 2.35. The Hall–Kier alpha value is -3.12. The molecule has 1 amide bonds. The van der Waals surface area contributed by atoms with E-state index >= 15 is 0 Å². The number of likely N-dealkylation sites (N-methyl/N-ethyl adjacent to an activating group) is 1. The molecule has 32 heavy (non-hydrogen) atoms. The summed E-state index contributed by atoms with van der Waals surface area (Å²) in [7, 11) is 3.71. The van der Waals surface area contributed by atoms with Crippen molar-refractivity contribution in [3.8, 4) is 11.1 Å². The summed E-state index contributed by atoms with van der Waals surface area (Å²) in [5.74, 6) is -0.161. The zero-order valence-electron chi connectivity index (χ0n) is 19.2. The van der Waals surface area contributed by atoms with Crippen LogP contribution in [0.2, 0.25) is 0 Å². The average molecular weight is 432 g/mol. The van der Waals surface area contributed by atoms with Gasteiger partial charge in [0.25, 0.3) is 5.91 Å². The first-order valence-electron chi connectivity index (χ1n) is 11.2. The van der Waals surface area contributed by atoms with Crippen LogP contribution in [0.4, 0.5) is 0 Å². The summed E-state index contributed by atoms with van der Waals surface area (Å²) in [4.78, 5) is 26.6. The molecule has 166 valence electrons. The van der Waals surface area contributed by atoms with Crippen LogP contribution in [0.3, 0.4) is 0 Å². The lowest BCUT2D eigenvalue weighted by molar-refractivity contribution is -0.144. The molecule has 1 aliphatic carbocycles. The molecule has 1 aromatic heterocycles. The molecule has 0 atom stereocenters. The van der Waals surface area contributed by atoms with Crippen molar-refractivity contribution in [1.29, 1.82) is 0 Å². The monoisotopic (exact) mass is 431 g/mol. The van der Waals surface area contributed by atoms with Crippen molar-refractivity contribution in [2.45, 2.75) is 39.8 Å². The number of hydrogen-bond donors (Lipinski definition) is 1. The number of carbonyl (C=O) groups excluding carboxylic acids is 2. The van der Waals surface area contributed by atoms with E-state index in [2.05, 4.69) is 48.0 Å². The highest BCUT2D eigenvalue weighted by molar-refractivity contribution is 6.13. The van der Waals surface area contributed by atoms with Crippen LogP contribution in [0, 0.1) is 13.8 Å². The van der Waals surface area contributed by atoms with E-state index < -0.39 is 0 Å². The lowest BCUT2D eigenvalue weighted by Gasteiger charge is -2.14. The summed E-state index contributed by atoms with van der Waals surface area (Å²) >= 11 is 0. The number of nitrogens with zero attached hydrogens (tertiary/aromatic N) is 2. The molecule has 2 aliphatic rings. The Morgan fingerprint density at radius 2 is 1.94 bits per heavy atom. The van der Waals surface area contributed by atoms with Crippen LogP contribution in [0.1, 0.15) is 44.7 Å². The molecule has 6 nitrogen and oxygen atoms in total. The van der Waals surface area contributed by atoms with Gasteiger partial charge >= 0.3 is 5.97 Å². The molecular formula is C26H29N3O3. The summed E-state index contributed by atoms with van der Waals surface area (Å²) in [5.41, 5.74) is 10.5. The normalized spacial score (nSPS) is 14.0. The Labute approximate surface area is 188 Å². The van der Waals surface area contributed by atoms with Gasteiger partial charge in [-0.1, -0.05) is 24.3 Å². The first-order valence-corrected chi connectivity index (χ1v) is 11.2. The van der Waals surface area contributed by atoms with Gasteiger partial charge in [-0.3, -0.25) is 14.5 Å². The fourth-order valence-corrected chi connectivity index (χ4v) is 5.35. The first-order chi connectivity index (χ1) is 15.4. The molecule has 0 radical (unpaired) electrons. The highest BCUT2D eigenvalue weighted by atomic mass is 16.5. The number of amides is 1. The van der Waals surface area contributed by atoms with Gasteiger partial charge in [-0.05, 0) is 62.2 Å². The third kappa shape index (κ3) is 3.13. The molecule has 0 fully saturated rings. The minimum Gasteiger partial charge on any atom is -0.465 e. The maximum atomic E-state index is 12.9. The number of esters is 1. The van der Waals surface area contributed by atoms with E-state index in [1.54, 1.807) is 0 Å². The van der Waals surface area contributed by atoms with Gasteiger partial charge in [-0.2, -0.15) is 0 Å². The molecule has 0 bridgehead atoms. The van der Waals surface area contributed by atoms with Gasteiger partial charge in [0.1, 0.15) is 0 Å². The molecule has 2 heterocycles. The zero-order valence-corrected chi connectivity index (χ0v) is 19.2. The number of aryl methyl sites for hydroxylation is 2. The molecular weight excluding hydrogens is 402 g/mol. The van der Waals surface area contributed by atoms with Crippen LogP contribution in [0.15, 0.2) is 24.3 Å². The van der Waals surface area contributed by atoms with Crippen LogP contribution >= 0.6 is 0 Å². The molecule has 3 aromatic rings. The molecule has 6 heteroatoms. The van der Waals surface area contributed by atoms with E-state index in [1.165, 1.54) is 38.9 Å². The van der Waals surface area contributed by atoms with Crippen molar-refractivity contribution >= 4 is 22.8 Å². The third-order valence-corrected chi connectivity index (χ3v) is 6.81. The Kier molecular flexibility index (Phi) is 5.05. The van der Waals surface area contributed by atoms with Crippen LogP contribution in [0.25, 0.3) is 22.0 Å². The van der Waals surface area contributed by atoms with E-state index in [4.69, 9.17) is 4.74 Å². The Morgan fingerprint density at radius 3 is 2.72 bits per heavy atom. The van der Waals surface area contributed by atoms with Crippen molar-refractivity contribution in [1.82, 2.24) is 14.8 Å². The number of benzene rings is 2. The number of ether oxygens (including phenoxy) is 1. The lowest BCUT2D eigenvalue weighted by atomic mass is 9.92. The number of aromatic nitrogens is 1. The van der Waals surface area contributed by atoms with Gasteiger partial charge in [-0.25, -0.2) is 0 Å². The summed E-state index contributed by atoms with van der Waals surface area (Å²) in [6.45, 7) is 6.35. The fraction of sp³-hybridized carbons (Fsp3) is 0.385. The Morgan fingerprint density at radius 1 is 1.16 bits per heavy atom. The van der Waals surface area contributed by atoms with E-state index in [-0.39, 0.29) is 11.9 Å². The van der Waals surface area contributed by atoms with E-state index in [0.29, 0.717) is 19.7 Å². The van der Waals surface area contributed by atoms with Crippen molar-refractivity contribution in [3.05, 3.63) is 57.8 Å². The molecule has 0 spiro atoms. The minimum atomic E-state index is -0.195. The second-order valence-corrected chi connectivity index (χ2v) is 9.12. The summed E-state index contributed by atoms with van der Waals surface area (Å²) in [5, 5.41) is 4.28. The summed E-state index contributed by atoms with van der Waals surface area (Å²) < 4.78 is 7.79. The van der Waals surface area contributed by atoms with Crippen molar-refractivity contribution < 1.29 is 14.3 Å². The highest BCUT2D eigenvalue weighted by Crippen LogP contribution is 2.47. The zero-order chi connectivity index (χ0) is 22.6. The van der Waals surface area contributed by atoms with Crippen LogP contribution in [-0.2, 0) is 29.0 Å². The van der Waals surface area contributed by atoms with Gasteiger partial charge < -0.3 is 14.6 Å². The Bertz CT molecular complexity index is 1270. The maximum absolute atomic E-state index is 12.9. The number of rotatable bonds is 6. The number of hydrogen-bond acceptors (Lipinski definition) is 4. The summed E-state index contributed by atoms with van der Waals surface area (Å²) in [6, 6.07) is 8.42. The van der Waals surface area contributed by atoms with Gasteiger partial charge in [0, 0.05) is 36.2 Å². The van der Waals surface area contributed by atoms with Gasteiger partial charge in [0.05, 0.1) is 24.2 Å². The largest absolute Gasteiger partial charge is 0.465 e. The van der Waals surface area contributed by atoms with Crippen LogP contribution in [0.5, 0.6) is 0 Å². The van der Waals surface area contributed by atoms with Gasteiger partial charge in [-0.15, -0.1) is 0 Å². The van der Waals surface area contributed by atoms with E-state index in [1.807, 2.05) is 19.0 Å².